The van der Waals surface area contributed by atoms with Gasteiger partial charge in [-0.3, -0.25) is 4.79 Å². The molecule has 0 aliphatic heterocycles. The van der Waals surface area contributed by atoms with E-state index in [0.717, 1.165) is 12.8 Å². The highest BCUT2D eigenvalue weighted by Gasteiger charge is 2.32. The molecule has 0 fully saturated rings. The lowest BCUT2D eigenvalue weighted by Crippen LogP contribution is -2.08. The fraction of sp³-hybridized carbons (Fsp3) is 0.357. The van der Waals surface area contributed by atoms with E-state index in [1.54, 1.807) is 0 Å². The van der Waals surface area contributed by atoms with Gasteiger partial charge in [-0.05, 0) is 25.3 Å². The van der Waals surface area contributed by atoms with Crippen LogP contribution in [0.2, 0.25) is 0 Å². The number of ether oxygens (including phenoxy) is 1. The van der Waals surface area contributed by atoms with Crippen molar-refractivity contribution < 1.29 is 9.53 Å². The summed E-state index contributed by atoms with van der Waals surface area (Å²) < 4.78 is 4.96. The van der Waals surface area contributed by atoms with E-state index in [-0.39, 0.29) is 11.9 Å². The van der Waals surface area contributed by atoms with Crippen LogP contribution in [0.25, 0.3) is 0 Å². The van der Waals surface area contributed by atoms with E-state index < -0.39 is 0 Å². The first-order valence-electron chi connectivity index (χ1n) is 5.72. The molecule has 0 spiro atoms. The van der Waals surface area contributed by atoms with Gasteiger partial charge in [0, 0.05) is 0 Å². The summed E-state index contributed by atoms with van der Waals surface area (Å²) in [7, 11) is 0. The summed E-state index contributed by atoms with van der Waals surface area (Å²) >= 11 is 0. The van der Waals surface area contributed by atoms with Crippen molar-refractivity contribution in [3.63, 3.8) is 0 Å². The maximum Gasteiger partial charge on any atom is 0.316 e. The third-order valence-corrected chi connectivity index (χ3v) is 2.76. The fourth-order valence-corrected chi connectivity index (χ4v) is 1.79. The standard InChI is InChI=1S/C14H16O2/c1-2-16-14(15)13-10-12(13)9-8-11-6-4-3-5-7-11/h3-7,10,13H,2,8-9H2,1H3. The predicted octanol–water partition coefficient (Wildman–Crippen LogP) is 2.74. The summed E-state index contributed by atoms with van der Waals surface area (Å²) in [4.78, 5) is 11.4. The molecule has 0 radical (unpaired) electrons. The van der Waals surface area contributed by atoms with Crippen LogP contribution in [0, 0.1) is 5.92 Å². The first kappa shape index (κ1) is 10.9. The Morgan fingerprint density at radius 3 is 2.69 bits per heavy atom. The van der Waals surface area contributed by atoms with Gasteiger partial charge in [0.1, 0.15) is 0 Å². The monoisotopic (exact) mass is 216 g/mol. The van der Waals surface area contributed by atoms with Crippen LogP contribution < -0.4 is 0 Å². The van der Waals surface area contributed by atoms with Crippen molar-refractivity contribution in [3.05, 3.63) is 47.5 Å². The largest absolute Gasteiger partial charge is 0.465 e. The number of benzene rings is 1. The molecule has 1 aliphatic carbocycles. The average Bonchev–Trinajstić information content (AvgIpc) is 3.08. The van der Waals surface area contributed by atoms with Crippen LogP contribution >= 0.6 is 0 Å². The van der Waals surface area contributed by atoms with Gasteiger partial charge in [0.15, 0.2) is 0 Å². The Hall–Kier alpha value is -1.57. The molecule has 1 unspecified atom stereocenters. The third-order valence-electron chi connectivity index (χ3n) is 2.76. The van der Waals surface area contributed by atoms with Crippen molar-refractivity contribution >= 4 is 5.97 Å². The molecule has 2 rings (SSSR count). The van der Waals surface area contributed by atoms with E-state index in [2.05, 4.69) is 12.1 Å². The summed E-state index contributed by atoms with van der Waals surface area (Å²) in [5.41, 5.74) is 2.54. The summed E-state index contributed by atoms with van der Waals surface area (Å²) in [5.74, 6) is -0.116. The second-order valence-electron chi connectivity index (χ2n) is 3.96. The zero-order valence-corrected chi connectivity index (χ0v) is 9.48. The highest BCUT2D eigenvalue weighted by Crippen LogP contribution is 2.33. The molecule has 0 N–H and O–H groups in total. The minimum atomic E-state index is -0.0921. The molecule has 0 saturated heterocycles. The smallest absolute Gasteiger partial charge is 0.316 e. The molecule has 0 aromatic heterocycles. The SMILES string of the molecule is CCOC(=O)C1C=C1CCc1ccccc1. The van der Waals surface area contributed by atoms with Crippen molar-refractivity contribution in [2.45, 2.75) is 19.8 Å². The van der Waals surface area contributed by atoms with E-state index in [4.69, 9.17) is 4.74 Å². The summed E-state index contributed by atoms with van der Waals surface area (Å²) in [5, 5.41) is 0. The second-order valence-corrected chi connectivity index (χ2v) is 3.96. The minimum Gasteiger partial charge on any atom is -0.465 e. The van der Waals surface area contributed by atoms with E-state index >= 15 is 0 Å². The van der Waals surface area contributed by atoms with Crippen LogP contribution in [0.15, 0.2) is 42.0 Å². The molecule has 0 heterocycles. The van der Waals surface area contributed by atoms with Crippen molar-refractivity contribution in [3.8, 4) is 0 Å². The number of carbonyl (C=O) groups is 1. The molecule has 2 heteroatoms. The minimum absolute atomic E-state index is 0.0244. The van der Waals surface area contributed by atoms with Crippen LogP contribution in [0.4, 0.5) is 0 Å². The topological polar surface area (TPSA) is 26.3 Å². The van der Waals surface area contributed by atoms with Crippen LogP contribution in [0.3, 0.4) is 0 Å². The van der Waals surface area contributed by atoms with E-state index in [9.17, 15) is 4.79 Å². The zero-order chi connectivity index (χ0) is 11.4. The van der Waals surface area contributed by atoms with Gasteiger partial charge in [-0.1, -0.05) is 42.0 Å². The van der Waals surface area contributed by atoms with Gasteiger partial charge in [0.25, 0.3) is 0 Å². The van der Waals surface area contributed by atoms with Gasteiger partial charge in [-0.25, -0.2) is 0 Å². The zero-order valence-electron chi connectivity index (χ0n) is 9.48. The quantitative estimate of drug-likeness (QED) is 0.559. The number of esters is 1. The molecule has 84 valence electrons. The normalized spacial score (nSPS) is 17.8. The van der Waals surface area contributed by atoms with Crippen molar-refractivity contribution in [1.82, 2.24) is 0 Å². The molecule has 1 aromatic carbocycles. The number of hydrogen-bond acceptors (Lipinski definition) is 2. The van der Waals surface area contributed by atoms with Crippen LogP contribution in [0.5, 0.6) is 0 Å². The van der Waals surface area contributed by atoms with E-state index in [0.29, 0.717) is 6.61 Å². The Labute approximate surface area is 95.9 Å². The Balaban J connectivity index is 1.74. The van der Waals surface area contributed by atoms with Crippen LogP contribution in [-0.4, -0.2) is 12.6 Å². The molecule has 1 aliphatic rings. The second kappa shape index (κ2) is 4.97. The molecule has 16 heavy (non-hydrogen) atoms. The van der Waals surface area contributed by atoms with Gasteiger partial charge in [0.05, 0.1) is 12.5 Å². The first-order valence-corrected chi connectivity index (χ1v) is 5.72. The maximum atomic E-state index is 11.4. The summed E-state index contributed by atoms with van der Waals surface area (Å²) in [6.07, 6.45) is 3.97. The Bertz CT molecular complexity index is 392. The van der Waals surface area contributed by atoms with Gasteiger partial charge < -0.3 is 4.74 Å². The Morgan fingerprint density at radius 1 is 1.25 bits per heavy atom. The first-order chi connectivity index (χ1) is 7.81. The third kappa shape index (κ3) is 2.72. The Morgan fingerprint density at radius 2 is 2.00 bits per heavy atom. The van der Waals surface area contributed by atoms with Crippen LogP contribution in [-0.2, 0) is 16.0 Å². The highest BCUT2D eigenvalue weighted by atomic mass is 16.5. The Kier molecular flexibility index (Phi) is 3.40. The van der Waals surface area contributed by atoms with Crippen LogP contribution in [0.1, 0.15) is 18.9 Å². The number of carbonyl (C=O) groups excluding carboxylic acids is 1. The summed E-state index contributed by atoms with van der Waals surface area (Å²) in [6, 6.07) is 10.3. The molecule has 0 bridgehead atoms. The average molecular weight is 216 g/mol. The van der Waals surface area contributed by atoms with Crippen molar-refractivity contribution in [1.29, 1.82) is 0 Å². The van der Waals surface area contributed by atoms with Crippen molar-refractivity contribution in [2.75, 3.05) is 6.61 Å². The number of hydrogen-bond donors (Lipinski definition) is 0. The molecular formula is C14H16O2. The van der Waals surface area contributed by atoms with Gasteiger partial charge >= 0.3 is 5.97 Å². The highest BCUT2D eigenvalue weighted by molar-refractivity contribution is 5.83. The van der Waals surface area contributed by atoms with Gasteiger partial charge in [0.2, 0.25) is 0 Å². The summed E-state index contributed by atoms with van der Waals surface area (Å²) in [6.45, 7) is 2.30. The predicted molar refractivity (Wildman–Crippen MR) is 63.0 cm³/mol. The molecule has 1 atom stereocenters. The lowest BCUT2D eigenvalue weighted by molar-refractivity contribution is -0.144. The lowest BCUT2D eigenvalue weighted by atomic mass is 10.1. The molecule has 0 saturated carbocycles. The molecule has 0 amide bonds. The van der Waals surface area contributed by atoms with Crippen molar-refractivity contribution in [2.24, 2.45) is 5.92 Å². The van der Waals surface area contributed by atoms with Gasteiger partial charge in [-0.15, -0.1) is 0 Å². The molecule has 2 nitrogen and oxygen atoms in total. The number of aryl methyl sites for hydroxylation is 1. The molecular weight excluding hydrogens is 200 g/mol. The van der Waals surface area contributed by atoms with E-state index in [1.165, 1.54) is 11.1 Å². The maximum absolute atomic E-state index is 11.4. The fourth-order valence-electron chi connectivity index (χ4n) is 1.79. The van der Waals surface area contributed by atoms with E-state index in [1.807, 2.05) is 31.2 Å². The molecule has 1 aromatic rings. The number of rotatable bonds is 5. The van der Waals surface area contributed by atoms with Gasteiger partial charge in [-0.2, -0.15) is 0 Å². The lowest BCUT2D eigenvalue weighted by Gasteiger charge is -2.01.